The maximum atomic E-state index is 10.6. The minimum atomic E-state index is -1.10. The Morgan fingerprint density at radius 1 is 1.11 bits per heavy atom. The lowest BCUT2D eigenvalue weighted by Gasteiger charge is -2.26. The Bertz CT molecular complexity index is 964. The molecule has 2 aromatic rings. The lowest BCUT2D eigenvalue weighted by Crippen LogP contribution is -2.53. The first kappa shape index (κ1) is 29.8. The molecule has 1 amide bonds. The summed E-state index contributed by atoms with van der Waals surface area (Å²) in [7, 11) is 1.58. The van der Waals surface area contributed by atoms with Crippen LogP contribution in [-0.2, 0) is 16.1 Å². The standard InChI is InChI=1S/C20H19NO2.C6H14N2O2.C2H4/c22-16-20-9-5-18(6-10-20)2-1-17-3-7-19(8-4-17)15-21-11-13-23-14-12-21;1-6(2,10)4(8-3)5(7)9;1-2/h3-10,16H,11-15H2;4,8,10H,1-3H3,(H2,7,9);1-2H2. The van der Waals surface area contributed by atoms with Gasteiger partial charge in [0.2, 0.25) is 5.91 Å². The number of carbonyl (C=O) groups is 2. The van der Waals surface area contributed by atoms with E-state index in [-0.39, 0.29) is 0 Å². The molecule has 0 aromatic heterocycles. The summed E-state index contributed by atoms with van der Waals surface area (Å²) in [5, 5.41) is 11.9. The molecule has 1 heterocycles. The lowest BCUT2D eigenvalue weighted by atomic mass is 9.99. The third-order valence-electron chi connectivity index (χ3n) is 5.14. The van der Waals surface area contributed by atoms with Crippen LogP contribution < -0.4 is 11.1 Å². The highest BCUT2D eigenvalue weighted by atomic mass is 16.5. The molecule has 1 saturated heterocycles. The van der Waals surface area contributed by atoms with Gasteiger partial charge in [0.1, 0.15) is 12.3 Å². The van der Waals surface area contributed by atoms with Crippen molar-refractivity contribution in [3.05, 3.63) is 83.9 Å². The Balaban J connectivity index is 0.000000433. The third-order valence-corrected chi connectivity index (χ3v) is 5.14. The fraction of sp³-hybridized carbons (Fsp3) is 0.357. The van der Waals surface area contributed by atoms with Crippen LogP contribution in [0, 0.1) is 11.8 Å². The molecule has 1 aliphatic rings. The van der Waals surface area contributed by atoms with E-state index in [2.05, 4.69) is 59.5 Å². The highest BCUT2D eigenvalue weighted by molar-refractivity contribution is 5.81. The Morgan fingerprint density at radius 3 is 1.97 bits per heavy atom. The van der Waals surface area contributed by atoms with Gasteiger partial charge in [-0.3, -0.25) is 14.5 Å². The molecule has 7 heteroatoms. The zero-order valence-electron chi connectivity index (χ0n) is 20.9. The topological polar surface area (TPSA) is 105 Å². The van der Waals surface area contributed by atoms with E-state index < -0.39 is 17.6 Å². The van der Waals surface area contributed by atoms with E-state index >= 15 is 0 Å². The van der Waals surface area contributed by atoms with Gasteiger partial charge in [-0.05, 0) is 50.7 Å². The Labute approximate surface area is 209 Å². The summed E-state index contributed by atoms with van der Waals surface area (Å²) >= 11 is 0. The minimum Gasteiger partial charge on any atom is -0.388 e. The van der Waals surface area contributed by atoms with Crippen molar-refractivity contribution in [3.8, 4) is 11.8 Å². The number of nitrogens with two attached hydrogens (primary N) is 1. The number of hydrogen-bond acceptors (Lipinski definition) is 6. The molecule has 2 aromatic carbocycles. The number of carbonyl (C=O) groups excluding carboxylic acids is 2. The minimum absolute atomic E-state index is 0.546. The number of likely N-dealkylation sites (N-methyl/N-ethyl adjacent to an activating group) is 1. The van der Waals surface area contributed by atoms with Crippen molar-refractivity contribution in [1.29, 1.82) is 0 Å². The fourth-order valence-corrected chi connectivity index (χ4v) is 3.34. The van der Waals surface area contributed by atoms with Crippen LogP contribution in [0.3, 0.4) is 0 Å². The zero-order valence-corrected chi connectivity index (χ0v) is 20.9. The van der Waals surface area contributed by atoms with Crippen LogP contribution in [0.5, 0.6) is 0 Å². The molecule has 35 heavy (non-hydrogen) atoms. The summed E-state index contributed by atoms with van der Waals surface area (Å²) in [6, 6.07) is 15.0. The van der Waals surface area contributed by atoms with Gasteiger partial charge >= 0.3 is 0 Å². The molecular formula is C28H37N3O4. The largest absolute Gasteiger partial charge is 0.388 e. The van der Waals surface area contributed by atoms with Crippen LogP contribution in [0.1, 0.15) is 40.9 Å². The molecule has 0 radical (unpaired) electrons. The second kappa shape index (κ2) is 15.6. The van der Waals surface area contributed by atoms with E-state index in [0.29, 0.717) is 5.56 Å². The zero-order chi connectivity index (χ0) is 26.3. The monoisotopic (exact) mass is 479 g/mol. The summed E-state index contributed by atoms with van der Waals surface area (Å²) in [4.78, 5) is 23.6. The van der Waals surface area contributed by atoms with Crippen LogP contribution in [0.15, 0.2) is 61.7 Å². The number of aldehydes is 1. The third kappa shape index (κ3) is 11.1. The second-order valence-electron chi connectivity index (χ2n) is 8.35. The molecule has 1 unspecified atom stereocenters. The summed E-state index contributed by atoms with van der Waals surface area (Å²) < 4.78 is 5.37. The van der Waals surface area contributed by atoms with Crippen LogP contribution in [0.25, 0.3) is 0 Å². The Morgan fingerprint density at radius 2 is 1.60 bits per heavy atom. The molecule has 1 aliphatic heterocycles. The molecule has 1 atom stereocenters. The maximum absolute atomic E-state index is 10.6. The molecule has 3 rings (SSSR count). The summed E-state index contributed by atoms with van der Waals surface area (Å²) in [5.74, 6) is 5.73. The van der Waals surface area contributed by atoms with Crippen molar-refractivity contribution in [2.24, 2.45) is 5.73 Å². The molecule has 4 N–H and O–H groups in total. The molecule has 0 aliphatic carbocycles. The number of primary amides is 1. The summed E-state index contributed by atoms with van der Waals surface area (Å²) in [5.41, 5.74) is 7.75. The van der Waals surface area contributed by atoms with E-state index in [1.54, 1.807) is 19.2 Å². The quantitative estimate of drug-likeness (QED) is 0.334. The molecule has 188 valence electrons. The number of ether oxygens (including phenoxy) is 1. The molecule has 1 fully saturated rings. The number of hydrogen-bond donors (Lipinski definition) is 3. The molecular weight excluding hydrogens is 442 g/mol. The normalized spacial score (nSPS) is 14.1. The van der Waals surface area contributed by atoms with E-state index in [1.807, 2.05) is 12.1 Å². The van der Waals surface area contributed by atoms with Crippen molar-refractivity contribution < 1.29 is 19.4 Å². The predicted octanol–water partition coefficient (Wildman–Crippen LogP) is 2.36. The highest BCUT2D eigenvalue weighted by Crippen LogP contribution is 2.09. The van der Waals surface area contributed by atoms with Crippen molar-refractivity contribution in [2.75, 3.05) is 33.4 Å². The molecule has 0 saturated carbocycles. The van der Waals surface area contributed by atoms with Gasteiger partial charge in [0.15, 0.2) is 0 Å². The van der Waals surface area contributed by atoms with Crippen LogP contribution in [-0.4, -0.2) is 67.2 Å². The Kier molecular flexibility index (Phi) is 13.3. The number of nitrogens with one attached hydrogen (secondary N) is 1. The average molecular weight is 480 g/mol. The van der Waals surface area contributed by atoms with Gasteiger partial charge < -0.3 is 20.9 Å². The van der Waals surface area contributed by atoms with Gasteiger partial charge in [-0.15, -0.1) is 13.2 Å². The number of aliphatic hydroxyl groups is 1. The van der Waals surface area contributed by atoms with E-state index in [9.17, 15) is 14.7 Å². The summed E-state index contributed by atoms with van der Waals surface area (Å²) in [6.07, 6.45) is 0.838. The van der Waals surface area contributed by atoms with Crippen molar-refractivity contribution >= 4 is 12.2 Å². The van der Waals surface area contributed by atoms with Gasteiger partial charge in [-0.25, -0.2) is 0 Å². The maximum Gasteiger partial charge on any atom is 0.237 e. The molecule has 0 spiro atoms. The predicted molar refractivity (Wildman–Crippen MR) is 140 cm³/mol. The van der Waals surface area contributed by atoms with Gasteiger partial charge in [0, 0.05) is 36.3 Å². The summed E-state index contributed by atoms with van der Waals surface area (Å²) in [6.45, 7) is 13.7. The van der Waals surface area contributed by atoms with Gasteiger partial charge in [-0.2, -0.15) is 0 Å². The number of benzene rings is 2. The van der Waals surface area contributed by atoms with Crippen molar-refractivity contribution in [2.45, 2.75) is 32.0 Å². The van der Waals surface area contributed by atoms with Crippen molar-refractivity contribution in [1.82, 2.24) is 10.2 Å². The van der Waals surface area contributed by atoms with E-state index in [0.717, 1.165) is 50.3 Å². The van der Waals surface area contributed by atoms with Crippen LogP contribution >= 0.6 is 0 Å². The van der Waals surface area contributed by atoms with E-state index in [1.165, 1.54) is 19.4 Å². The molecule has 0 bridgehead atoms. The van der Waals surface area contributed by atoms with E-state index in [4.69, 9.17) is 10.5 Å². The second-order valence-corrected chi connectivity index (χ2v) is 8.35. The first-order valence-electron chi connectivity index (χ1n) is 11.4. The number of nitrogens with zero attached hydrogens (tertiary/aromatic N) is 1. The van der Waals surface area contributed by atoms with Crippen LogP contribution in [0.4, 0.5) is 0 Å². The average Bonchev–Trinajstić information content (AvgIpc) is 2.85. The highest BCUT2D eigenvalue weighted by Gasteiger charge is 2.29. The van der Waals surface area contributed by atoms with Crippen molar-refractivity contribution in [3.63, 3.8) is 0 Å². The number of morpholine rings is 1. The molecule has 7 nitrogen and oxygen atoms in total. The van der Waals surface area contributed by atoms with Gasteiger partial charge in [0.05, 0.1) is 18.8 Å². The first-order chi connectivity index (χ1) is 16.7. The SMILES string of the molecule is C=C.CNC(C(N)=O)C(C)(C)O.O=Cc1ccc(C#Cc2ccc(CN3CCOCC3)cc2)cc1. The smallest absolute Gasteiger partial charge is 0.237 e. The fourth-order valence-electron chi connectivity index (χ4n) is 3.34. The number of rotatable bonds is 6. The van der Waals surface area contributed by atoms with Gasteiger partial charge in [0.25, 0.3) is 0 Å². The first-order valence-corrected chi connectivity index (χ1v) is 11.4. The number of amides is 1. The lowest BCUT2D eigenvalue weighted by molar-refractivity contribution is -0.125. The van der Waals surface area contributed by atoms with Gasteiger partial charge in [-0.1, -0.05) is 36.1 Å². The Hall–Kier alpha value is -3.28. The van der Waals surface area contributed by atoms with Crippen LogP contribution in [0.2, 0.25) is 0 Å².